The van der Waals surface area contributed by atoms with Gasteiger partial charge in [0.05, 0.1) is 0 Å². The summed E-state index contributed by atoms with van der Waals surface area (Å²) < 4.78 is 0. The van der Waals surface area contributed by atoms with Gasteiger partial charge in [0.2, 0.25) is 0 Å². The second-order valence-electron chi connectivity index (χ2n) is 5.62. The fraction of sp³-hybridized carbons (Fsp3) is 0.235. The van der Waals surface area contributed by atoms with Crippen LogP contribution in [-0.4, -0.2) is 39.1 Å². The van der Waals surface area contributed by atoms with Gasteiger partial charge in [0.25, 0.3) is 0 Å². The number of nitrogens with one attached hydrogen (secondary N) is 3. The van der Waals surface area contributed by atoms with Crippen LogP contribution in [0.25, 0.3) is 22.8 Å². The molecular formula is C17H18N6. The minimum atomic E-state index is 0.437. The van der Waals surface area contributed by atoms with Gasteiger partial charge >= 0.3 is 0 Å². The van der Waals surface area contributed by atoms with E-state index in [1.54, 1.807) is 12.4 Å². The van der Waals surface area contributed by atoms with Crippen LogP contribution in [0.15, 0.2) is 48.9 Å². The highest BCUT2D eigenvalue weighted by Crippen LogP contribution is 2.22. The molecule has 0 amide bonds. The van der Waals surface area contributed by atoms with E-state index >= 15 is 0 Å². The molecule has 1 aliphatic rings. The Morgan fingerprint density at radius 1 is 1.09 bits per heavy atom. The third-order valence-corrected chi connectivity index (χ3v) is 3.96. The number of hydrogen-bond donors (Lipinski definition) is 3. The zero-order chi connectivity index (χ0) is 15.5. The Bertz CT molecular complexity index is 777. The molecule has 1 fully saturated rings. The Kier molecular flexibility index (Phi) is 3.73. The molecule has 6 nitrogen and oxygen atoms in total. The highest BCUT2D eigenvalue weighted by atomic mass is 15.1. The monoisotopic (exact) mass is 306 g/mol. The summed E-state index contributed by atoms with van der Waals surface area (Å²) in [5.74, 6) is 2.43. The number of hydrogen-bond acceptors (Lipinski definition) is 5. The fourth-order valence-electron chi connectivity index (χ4n) is 2.79. The molecule has 0 spiro atoms. The molecule has 0 saturated carbocycles. The maximum Gasteiger partial charge on any atom is 0.161 e. The molecule has 0 bridgehead atoms. The molecule has 0 radical (unpaired) electrons. The highest BCUT2D eigenvalue weighted by Gasteiger charge is 2.14. The molecule has 2 aromatic heterocycles. The van der Waals surface area contributed by atoms with Gasteiger partial charge < -0.3 is 15.6 Å². The normalized spacial score (nSPS) is 17.3. The molecule has 3 aromatic rings. The van der Waals surface area contributed by atoms with Crippen LogP contribution in [0.3, 0.4) is 0 Å². The lowest BCUT2D eigenvalue weighted by atomic mass is 10.1. The van der Waals surface area contributed by atoms with E-state index in [0.29, 0.717) is 6.04 Å². The third-order valence-electron chi connectivity index (χ3n) is 3.96. The van der Waals surface area contributed by atoms with E-state index in [1.165, 1.54) is 0 Å². The SMILES string of the molecule is c1cc(-c2nccc(NC3CCNC3)n2)cc(-c2ncc[nH]2)c1. The van der Waals surface area contributed by atoms with Gasteiger partial charge in [-0.1, -0.05) is 18.2 Å². The second-order valence-corrected chi connectivity index (χ2v) is 5.62. The van der Waals surface area contributed by atoms with Gasteiger partial charge in [0.15, 0.2) is 5.82 Å². The van der Waals surface area contributed by atoms with Crippen molar-refractivity contribution in [3.8, 4) is 22.8 Å². The van der Waals surface area contributed by atoms with Gasteiger partial charge in [0, 0.05) is 42.3 Å². The van der Waals surface area contributed by atoms with Crippen molar-refractivity contribution in [1.82, 2.24) is 25.3 Å². The molecule has 4 rings (SSSR count). The van der Waals surface area contributed by atoms with Crippen molar-refractivity contribution in [1.29, 1.82) is 0 Å². The number of anilines is 1. The molecule has 1 aromatic carbocycles. The Hall–Kier alpha value is -2.73. The quantitative estimate of drug-likeness (QED) is 0.689. The van der Waals surface area contributed by atoms with Crippen molar-refractivity contribution in [2.75, 3.05) is 18.4 Å². The zero-order valence-corrected chi connectivity index (χ0v) is 12.7. The maximum absolute atomic E-state index is 4.65. The van der Waals surface area contributed by atoms with E-state index in [4.69, 9.17) is 0 Å². The Morgan fingerprint density at radius 2 is 2.04 bits per heavy atom. The zero-order valence-electron chi connectivity index (χ0n) is 12.7. The van der Waals surface area contributed by atoms with Crippen molar-refractivity contribution < 1.29 is 0 Å². The average Bonchev–Trinajstić information content (AvgIpc) is 3.29. The Balaban J connectivity index is 1.61. The fourth-order valence-corrected chi connectivity index (χ4v) is 2.79. The summed E-state index contributed by atoms with van der Waals surface area (Å²) in [4.78, 5) is 16.5. The predicted octanol–water partition coefficient (Wildman–Crippen LogP) is 2.31. The molecule has 0 aliphatic carbocycles. The molecule has 1 aliphatic heterocycles. The summed E-state index contributed by atoms with van der Waals surface area (Å²) in [5, 5.41) is 6.81. The van der Waals surface area contributed by atoms with E-state index in [0.717, 1.165) is 48.1 Å². The maximum atomic E-state index is 4.65. The first-order chi connectivity index (χ1) is 11.4. The lowest BCUT2D eigenvalue weighted by molar-refractivity contribution is 0.787. The topological polar surface area (TPSA) is 78.5 Å². The first-order valence-electron chi connectivity index (χ1n) is 7.79. The van der Waals surface area contributed by atoms with Gasteiger partial charge in [-0.25, -0.2) is 15.0 Å². The summed E-state index contributed by atoms with van der Waals surface area (Å²) in [6.45, 7) is 2.04. The highest BCUT2D eigenvalue weighted by molar-refractivity contribution is 5.66. The van der Waals surface area contributed by atoms with Gasteiger partial charge in [-0.15, -0.1) is 0 Å². The van der Waals surface area contributed by atoms with E-state index in [-0.39, 0.29) is 0 Å². The summed E-state index contributed by atoms with van der Waals surface area (Å²) >= 11 is 0. The minimum Gasteiger partial charge on any atom is -0.366 e. The van der Waals surface area contributed by atoms with Crippen LogP contribution >= 0.6 is 0 Å². The average molecular weight is 306 g/mol. The number of benzene rings is 1. The largest absolute Gasteiger partial charge is 0.366 e. The number of aromatic nitrogens is 4. The van der Waals surface area contributed by atoms with E-state index in [9.17, 15) is 0 Å². The van der Waals surface area contributed by atoms with Crippen LogP contribution in [0, 0.1) is 0 Å². The molecule has 6 heteroatoms. The molecule has 1 atom stereocenters. The van der Waals surface area contributed by atoms with Gasteiger partial charge in [-0.2, -0.15) is 0 Å². The summed E-state index contributed by atoms with van der Waals surface area (Å²) in [7, 11) is 0. The van der Waals surface area contributed by atoms with E-state index < -0.39 is 0 Å². The summed E-state index contributed by atoms with van der Waals surface area (Å²) in [5.41, 5.74) is 2.00. The third kappa shape index (κ3) is 3.07. The minimum absolute atomic E-state index is 0.437. The summed E-state index contributed by atoms with van der Waals surface area (Å²) in [6, 6.07) is 10.4. The van der Waals surface area contributed by atoms with E-state index in [2.05, 4.69) is 36.6 Å². The Labute approximate surface area is 134 Å². The molecule has 1 saturated heterocycles. The lowest BCUT2D eigenvalue weighted by Crippen LogP contribution is -2.22. The van der Waals surface area contributed by atoms with Gasteiger partial charge in [0.1, 0.15) is 11.6 Å². The van der Waals surface area contributed by atoms with Crippen molar-refractivity contribution in [2.24, 2.45) is 0 Å². The van der Waals surface area contributed by atoms with Crippen LogP contribution in [0.5, 0.6) is 0 Å². The number of aromatic amines is 1. The molecule has 3 heterocycles. The molecule has 3 N–H and O–H groups in total. The van der Waals surface area contributed by atoms with Crippen molar-refractivity contribution >= 4 is 5.82 Å². The van der Waals surface area contributed by atoms with Crippen molar-refractivity contribution in [3.63, 3.8) is 0 Å². The van der Waals surface area contributed by atoms with Crippen LogP contribution in [-0.2, 0) is 0 Å². The van der Waals surface area contributed by atoms with Crippen LogP contribution in [0.1, 0.15) is 6.42 Å². The predicted molar refractivity (Wildman–Crippen MR) is 89.9 cm³/mol. The standard InChI is InChI=1S/C17H18N6/c1-2-12(16-20-8-9-21-16)10-13(3-1)17-19-7-5-15(23-17)22-14-4-6-18-11-14/h1-3,5,7-10,14,18H,4,6,11H2,(H,20,21)(H,19,22,23). The first kappa shape index (κ1) is 13.9. The van der Waals surface area contributed by atoms with Crippen LogP contribution in [0.4, 0.5) is 5.82 Å². The van der Waals surface area contributed by atoms with Gasteiger partial charge in [-0.05, 0) is 25.1 Å². The smallest absolute Gasteiger partial charge is 0.161 e. The van der Waals surface area contributed by atoms with Crippen molar-refractivity contribution in [2.45, 2.75) is 12.5 Å². The van der Waals surface area contributed by atoms with Crippen molar-refractivity contribution in [3.05, 3.63) is 48.9 Å². The number of nitrogens with zero attached hydrogens (tertiary/aromatic N) is 3. The van der Waals surface area contributed by atoms with Gasteiger partial charge in [-0.3, -0.25) is 0 Å². The van der Waals surface area contributed by atoms with E-state index in [1.807, 2.05) is 30.5 Å². The first-order valence-corrected chi connectivity index (χ1v) is 7.79. The summed E-state index contributed by atoms with van der Waals surface area (Å²) in [6.07, 6.45) is 6.48. The molecule has 116 valence electrons. The van der Waals surface area contributed by atoms with Crippen LogP contribution in [0.2, 0.25) is 0 Å². The number of imidazole rings is 1. The Morgan fingerprint density at radius 3 is 2.87 bits per heavy atom. The molecule has 23 heavy (non-hydrogen) atoms. The molecule has 1 unspecified atom stereocenters. The number of rotatable bonds is 4. The lowest BCUT2D eigenvalue weighted by Gasteiger charge is -2.12. The second kappa shape index (κ2) is 6.18. The number of H-pyrrole nitrogens is 1. The molecular weight excluding hydrogens is 288 g/mol. The van der Waals surface area contributed by atoms with Crippen LogP contribution < -0.4 is 10.6 Å².